The predicted molar refractivity (Wildman–Crippen MR) is 77.2 cm³/mol. The maximum Gasteiger partial charge on any atom is 0 e. The van der Waals surface area contributed by atoms with Crippen LogP contribution in [0.5, 0.6) is 0 Å². The van der Waals surface area contributed by atoms with Crippen molar-refractivity contribution < 1.29 is 25.8 Å². The van der Waals surface area contributed by atoms with Crippen LogP contribution < -0.4 is 0 Å². The average Bonchev–Trinajstić information content (AvgIpc) is 2.83. The predicted octanol–water partition coefficient (Wildman–Crippen LogP) is 3.63. The van der Waals surface area contributed by atoms with Crippen molar-refractivity contribution in [1.29, 1.82) is 0 Å². The van der Waals surface area contributed by atoms with Gasteiger partial charge < -0.3 is 4.90 Å². The van der Waals surface area contributed by atoms with Crippen molar-refractivity contribution in [1.82, 2.24) is 4.90 Å². The van der Waals surface area contributed by atoms with Crippen molar-refractivity contribution in [2.75, 3.05) is 21.1 Å². The first-order chi connectivity index (χ1) is 6.73. The SMILES string of the molecule is CN(C)C.Cl.Cl.[C-]1=CC=CC1.[C-]1=CC=CC1.[Hf]. The summed E-state index contributed by atoms with van der Waals surface area (Å²) in [7, 11) is 6.00. The van der Waals surface area contributed by atoms with E-state index in [1.807, 2.05) is 50.3 Å². The molecular weight excluding hydrogens is 420 g/mol. The first-order valence-corrected chi connectivity index (χ1v) is 4.78. The molecule has 98 valence electrons. The third kappa shape index (κ3) is 31.4. The molecule has 0 fully saturated rings. The van der Waals surface area contributed by atoms with Crippen LogP contribution in [0.1, 0.15) is 12.8 Å². The Bertz CT molecular complexity index is 189. The molecule has 17 heavy (non-hydrogen) atoms. The molecule has 0 heterocycles. The van der Waals surface area contributed by atoms with Crippen LogP contribution >= 0.6 is 24.8 Å². The molecule has 0 N–H and O–H groups in total. The summed E-state index contributed by atoms with van der Waals surface area (Å²) in [4.78, 5) is 2.00. The van der Waals surface area contributed by atoms with Crippen molar-refractivity contribution in [3.05, 3.63) is 48.6 Å². The van der Waals surface area contributed by atoms with E-state index in [0.29, 0.717) is 0 Å². The molecular formula is C13H21Cl2HfN-2. The molecule has 0 atom stereocenters. The molecule has 0 radical (unpaired) electrons. The van der Waals surface area contributed by atoms with E-state index in [9.17, 15) is 0 Å². The summed E-state index contributed by atoms with van der Waals surface area (Å²) >= 11 is 0. The summed E-state index contributed by atoms with van der Waals surface area (Å²) in [6.45, 7) is 0. The summed E-state index contributed by atoms with van der Waals surface area (Å²) < 4.78 is 0. The van der Waals surface area contributed by atoms with Crippen LogP contribution in [0.15, 0.2) is 36.5 Å². The molecule has 0 saturated heterocycles. The molecule has 2 aliphatic carbocycles. The Kier molecular flexibility index (Phi) is 33.1. The van der Waals surface area contributed by atoms with Gasteiger partial charge in [0.05, 0.1) is 0 Å². The van der Waals surface area contributed by atoms with E-state index in [1.165, 1.54) is 0 Å². The van der Waals surface area contributed by atoms with Crippen molar-refractivity contribution in [3.63, 3.8) is 0 Å². The topological polar surface area (TPSA) is 3.24 Å². The van der Waals surface area contributed by atoms with Gasteiger partial charge in [-0.1, -0.05) is 0 Å². The van der Waals surface area contributed by atoms with Crippen LogP contribution in [-0.4, -0.2) is 26.0 Å². The second-order valence-corrected chi connectivity index (χ2v) is 3.35. The molecule has 0 bridgehead atoms. The maximum atomic E-state index is 2.99. The Balaban J connectivity index is -0.0000000692. The second-order valence-electron chi connectivity index (χ2n) is 3.35. The molecule has 2 aliphatic rings. The number of allylic oxidation sites excluding steroid dienone is 8. The molecule has 0 aromatic heterocycles. The normalized spacial score (nSPS) is 12.5. The fourth-order valence-corrected chi connectivity index (χ4v) is 0.680. The van der Waals surface area contributed by atoms with E-state index >= 15 is 0 Å². The monoisotopic (exact) mass is 441 g/mol. The zero-order valence-corrected chi connectivity index (χ0v) is 15.9. The van der Waals surface area contributed by atoms with E-state index < -0.39 is 0 Å². The van der Waals surface area contributed by atoms with Crippen LogP contribution in [0.25, 0.3) is 0 Å². The minimum absolute atomic E-state index is 0. The Morgan fingerprint density at radius 2 is 1.12 bits per heavy atom. The van der Waals surface area contributed by atoms with Crippen LogP contribution in [0.3, 0.4) is 0 Å². The number of nitrogens with zero attached hydrogens (tertiary/aromatic N) is 1. The number of halogens is 2. The standard InChI is InChI=1S/2C5H5.C3H9N.2ClH.Hf/c2*1-2-4-5-3-1;1-4(2)3;;;/h2*1-3H,4H2;1-3H3;2*1H;/q2*-1;;;;. The van der Waals surface area contributed by atoms with Crippen molar-refractivity contribution >= 4 is 24.8 Å². The van der Waals surface area contributed by atoms with Crippen molar-refractivity contribution in [3.8, 4) is 0 Å². The Morgan fingerprint density at radius 3 is 1.18 bits per heavy atom. The van der Waals surface area contributed by atoms with Gasteiger partial charge in [-0.05, 0) is 21.1 Å². The fraction of sp³-hybridized carbons (Fsp3) is 0.385. The molecule has 0 unspecified atom stereocenters. The van der Waals surface area contributed by atoms with Gasteiger partial charge >= 0.3 is 0 Å². The molecule has 0 amide bonds. The maximum absolute atomic E-state index is 2.99. The van der Waals surface area contributed by atoms with E-state index in [2.05, 4.69) is 24.3 Å². The molecule has 1 nitrogen and oxygen atoms in total. The van der Waals surface area contributed by atoms with Gasteiger partial charge in [0.2, 0.25) is 0 Å². The zero-order valence-electron chi connectivity index (χ0n) is 10.6. The summed E-state index contributed by atoms with van der Waals surface area (Å²) in [5, 5.41) is 0. The van der Waals surface area contributed by atoms with Crippen molar-refractivity contribution in [2.24, 2.45) is 0 Å². The molecule has 2 rings (SSSR count). The molecule has 0 spiro atoms. The zero-order chi connectivity index (χ0) is 10.6. The van der Waals surface area contributed by atoms with E-state index in [4.69, 9.17) is 0 Å². The van der Waals surface area contributed by atoms with Gasteiger partial charge in [0.25, 0.3) is 0 Å². The molecule has 0 aromatic carbocycles. The summed E-state index contributed by atoms with van der Waals surface area (Å²) in [6.07, 6.45) is 20.0. The molecule has 0 saturated carbocycles. The first-order valence-electron chi connectivity index (χ1n) is 4.78. The average molecular weight is 441 g/mol. The molecule has 0 aliphatic heterocycles. The minimum Gasteiger partial charge on any atom is -0.312 e. The fourth-order valence-electron chi connectivity index (χ4n) is 0.680. The molecule has 0 aromatic rings. The quantitative estimate of drug-likeness (QED) is 0.411. The third-order valence-electron chi connectivity index (χ3n) is 1.17. The van der Waals surface area contributed by atoms with Crippen LogP contribution in [0.2, 0.25) is 0 Å². The van der Waals surface area contributed by atoms with E-state index in [-0.39, 0.29) is 50.7 Å². The second kappa shape index (κ2) is 21.6. The van der Waals surface area contributed by atoms with Crippen LogP contribution in [-0.2, 0) is 25.8 Å². The summed E-state index contributed by atoms with van der Waals surface area (Å²) in [6, 6.07) is 0. The van der Waals surface area contributed by atoms with E-state index in [0.717, 1.165) is 12.8 Å². The van der Waals surface area contributed by atoms with Gasteiger partial charge in [0.1, 0.15) is 0 Å². The number of hydrogen-bond donors (Lipinski definition) is 0. The molecule has 4 heteroatoms. The van der Waals surface area contributed by atoms with Gasteiger partial charge in [-0.2, -0.15) is 12.2 Å². The summed E-state index contributed by atoms with van der Waals surface area (Å²) in [5.74, 6) is 0. The van der Waals surface area contributed by atoms with Gasteiger partial charge in [0.15, 0.2) is 0 Å². The van der Waals surface area contributed by atoms with Gasteiger partial charge in [-0.15, -0.1) is 37.7 Å². The van der Waals surface area contributed by atoms with Gasteiger partial charge in [-0.25, -0.2) is 24.3 Å². The smallest absolute Gasteiger partial charge is 0 e. The minimum atomic E-state index is 0. The number of hydrogen-bond acceptors (Lipinski definition) is 1. The first kappa shape index (κ1) is 26.0. The van der Waals surface area contributed by atoms with Crippen molar-refractivity contribution in [2.45, 2.75) is 12.8 Å². The Morgan fingerprint density at radius 1 is 0.824 bits per heavy atom. The third-order valence-corrected chi connectivity index (χ3v) is 1.17. The van der Waals surface area contributed by atoms with Crippen LogP contribution in [0, 0.1) is 12.2 Å². The Hall–Kier alpha value is 0.370. The Labute approximate surface area is 137 Å². The largest absolute Gasteiger partial charge is 0.312 e. The van der Waals surface area contributed by atoms with E-state index in [1.54, 1.807) is 0 Å². The van der Waals surface area contributed by atoms with Gasteiger partial charge in [-0.3, -0.25) is 12.2 Å². The van der Waals surface area contributed by atoms with Gasteiger partial charge in [0, 0.05) is 25.8 Å². The number of rotatable bonds is 0. The summed E-state index contributed by atoms with van der Waals surface area (Å²) in [5.41, 5.74) is 0. The van der Waals surface area contributed by atoms with Crippen LogP contribution in [0.4, 0.5) is 0 Å².